The molecule has 5 heteroatoms. The van der Waals surface area contributed by atoms with Crippen LogP contribution in [0.15, 0.2) is 18.2 Å². The fourth-order valence-corrected chi connectivity index (χ4v) is 2.47. The summed E-state index contributed by atoms with van der Waals surface area (Å²) >= 11 is 0. The molecule has 0 aliphatic carbocycles. The van der Waals surface area contributed by atoms with Gasteiger partial charge in [0.1, 0.15) is 11.8 Å². The first-order valence-electron chi connectivity index (χ1n) is 7.22. The summed E-state index contributed by atoms with van der Waals surface area (Å²) in [6, 6.07) is 4.85. The van der Waals surface area contributed by atoms with Crippen LogP contribution in [-0.2, 0) is 22.4 Å². The second kappa shape index (κ2) is 6.61. The van der Waals surface area contributed by atoms with E-state index in [4.69, 9.17) is 9.84 Å². The lowest BCUT2D eigenvalue weighted by molar-refractivity contribution is -0.142. The standard InChI is InChI=1S/C16H21NO4/c1-10(2)7-13(16(19)20)17-15(18)9-11-3-4-14-12(8-11)5-6-21-14/h3-4,8,10,13H,5-7,9H2,1-2H3,(H,17,18)(H,19,20)/t13-/m1/s1. The Hall–Kier alpha value is -2.04. The molecule has 21 heavy (non-hydrogen) atoms. The van der Waals surface area contributed by atoms with Gasteiger partial charge in [0.25, 0.3) is 0 Å². The molecular formula is C16H21NO4. The quantitative estimate of drug-likeness (QED) is 0.837. The molecule has 0 aromatic heterocycles. The Kier molecular flexibility index (Phi) is 4.83. The van der Waals surface area contributed by atoms with Crippen LogP contribution in [0.4, 0.5) is 0 Å². The van der Waals surface area contributed by atoms with Crippen molar-refractivity contribution in [3.05, 3.63) is 29.3 Å². The molecule has 0 fully saturated rings. The SMILES string of the molecule is CC(C)C[C@@H](NC(=O)Cc1ccc2c(c1)CCO2)C(=O)O. The summed E-state index contributed by atoms with van der Waals surface area (Å²) in [7, 11) is 0. The summed E-state index contributed by atoms with van der Waals surface area (Å²) in [5.74, 6) is -0.160. The summed E-state index contributed by atoms with van der Waals surface area (Å²) < 4.78 is 5.42. The number of carbonyl (C=O) groups is 2. The highest BCUT2D eigenvalue weighted by atomic mass is 16.5. The van der Waals surface area contributed by atoms with Crippen LogP contribution >= 0.6 is 0 Å². The van der Waals surface area contributed by atoms with Crippen molar-refractivity contribution in [2.75, 3.05) is 6.61 Å². The molecule has 1 amide bonds. The van der Waals surface area contributed by atoms with E-state index in [1.54, 1.807) is 0 Å². The van der Waals surface area contributed by atoms with Crippen molar-refractivity contribution >= 4 is 11.9 Å². The molecule has 0 radical (unpaired) electrons. The van der Waals surface area contributed by atoms with E-state index in [0.717, 1.165) is 23.3 Å². The van der Waals surface area contributed by atoms with Crippen molar-refractivity contribution in [3.8, 4) is 5.75 Å². The summed E-state index contributed by atoms with van der Waals surface area (Å²) in [6.07, 6.45) is 1.48. The maximum atomic E-state index is 12.0. The minimum Gasteiger partial charge on any atom is -0.493 e. The van der Waals surface area contributed by atoms with Crippen LogP contribution in [0.5, 0.6) is 5.75 Å². The first kappa shape index (κ1) is 15.4. The van der Waals surface area contributed by atoms with Crippen LogP contribution in [0.25, 0.3) is 0 Å². The highest BCUT2D eigenvalue weighted by Crippen LogP contribution is 2.25. The highest BCUT2D eigenvalue weighted by Gasteiger charge is 2.21. The van der Waals surface area contributed by atoms with Gasteiger partial charge in [0.05, 0.1) is 13.0 Å². The van der Waals surface area contributed by atoms with E-state index < -0.39 is 12.0 Å². The number of amides is 1. The van der Waals surface area contributed by atoms with Crippen molar-refractivity contribution in [2.24, 2.45) is 5.92 Å². The van der Waals surface area contributed by atoms with E-state index in [2.05, 4.69) is 5.32 Å². The monoisotopic (exact) mass is 291 g/mol. The molecule has 0 unspecified atom stereocenters. The zero-order valence-corrected chi connectivity index (χ0v) is 12.4. The third-order valence-electron chi connectivity index (χ3n) is 3.46. The number of hydrogen-bond acceptors (Lipinski definition) is 3. The van der Waals surface area contributed by atoms with Crippen molar-refractivity contribution in [1.29, 1.82) is 0 Å². The first-order valence-corrected chi connectivity index (χ1v) is 7.22. The second-order valence-corrected chi connectivity index (χ2v) is 5.81. The molecule has 1 aliphatic heterocycles. The Morgan fingerprint density at radius 3 is 2.81 bits per heavy atom. The molecule has 0 saturated carbocycles. The molecule has 1 atom stereocenters. The van der Waals surface area contributed by atoms with Crippen LogP contribution < -0.4 is 10.1 Å². The fraction of sp³-hybridized carbons (Fsp3) is 0.500. The average Bonchev–Trinajstić information content (AvgIpc) is 2.84. The second-order valence-electron chi connectivity index (χ2n) is 5.81. The number of nitrogens with one attached hydrogen (secondary N) is 1. The molecule has 2 N–H and O–H groups in total. The van der Waals surface area contributed by atoms with E-state index >= 15 is 0 Å². The van der Waals surface area contributed by atoms with Gasteiger partial charge >= 0.3 is 5.97 Å². The lowest BCUT2D eigenvalue weighted by atomic mass is 10.0. The third-order valence-corrected chi connectivity index (χ3v) is 3.46. The Labute approximate surface area is 124 Å². The van der Waals surface area contributed by atoms with E-state index in [0.29, 0.717) is 13.0 Å². The molecule has 1 aromatic carbocycles. The number of carbonyl (C=O) groups excluding carboxylic acids is 1. The minimum absolute atomic E-state index is 0.190. The highest BCUT2D eigenvalue weighted by molar-refractivity contribution is 5.84. The first-order chi connectivity index (χ1) is 9.95. The zero-order valence-electron chi connectivity index (χ0n) is 12.4. The van der Waals surface area contributed by atoms with Gasteiger partial charge in [-0.2, -0.15) is 0 Å². The smallest absolute Gasteiger partial charge is 0.326 e. The van der Waals surface area contributed by atoms with Crippen LogP contribution in [0.3, 0.4) is 0 Å². The predicted molar refractivity (Wildman–Crippen MR) is 78.4 cm³/mol. The number of hydrogen-bond donors (Lipinski definition) is 2. The number of benzene rings is 1. The van der Waals surface area contributed by atoms with E-state index in [-0.39, 0.29) is 18.2 Å². The van der Waals surface area contributed by atoms with Gasteiger partial charge in [0.2, 0.25) is 5.91 Å². The van der Waals surface area contributed by atoms with Crippen LogP contribution in [0, 0.1) is 5.92 Å². The topological polar surface area (TPSA) is 75.6 Å². The Morgan fingerprint density at radius 1 is 1.38 bits per heavy atom. The van der Waals surface area contributed by atoms with Gasteiger partial charge in [-0.1, -0.05) is 26.0 Å². The number of rotatable bonds is 6. The van der Waals surface area contributed by atoms with Crippen molar-refractivity contribution < 1.29 is 19.4 Å². The van der Waals surface area contributed by atoms with Crippen molar-refractivity contribution in [1.82, 2.24) is 5.32 Å². The minimum atomic E-state index is -0.987. The average molecular weight is 291 g/mol. The summed E-state index contributed by atoms with van der Waals surface area (Å²) in [5, 5.41) is 11.7. The fourth-order valence-electron chi connectivity index (χ4n) is 2.47. The van der Waals surface area contributed by atoms with Gasteiger partial charge in [0.15, 0.2) is 0 Å². The summed E-state index contributed by atoms with van der Waals surface area (Å²) in [5.41, 5.74) is 1.99. The largest absolute Gasteiger partial charge is 0.493 e. The molecule has 0 spiro atoms. The molecule has 0 saturated heterocycles. The molecule has 2 rings (SSSR count). The number of fused-ring (bicyclic) bond motifs is 1. The van der Waals surface area contributed by atoms with Gasteiger partial charge < -0.3 is 15.2 Å². The lowest BCUT2D eigenvalue weighted by Gasteiger charge is -2.16. The molecular weight excluding hydrogens is 270 g/mol. The maximum absolute atomic E-state index is 12.0. The van der Waals surface area contributed by atoms with Gasteiger partial charge in [-0.05, 0) is 29.5 Å². The van der Waals surface area contributed by atoms with Crippen molar-refractivity contribution in [3.63, 3.8) is 0 Å². The Bertz CT molecular complexity index is 539. The molecule has 5 nitrogen and oxygen atoms in total. The Morgan fingerprint density at radius 2 is 2.14 bits per heavy atom. The third kappa shape index (κ3) is 4.21. The molecule has 1 aliphatic rings. The molecule has 114 valence electrons. The van der Waals surface area contributed by atoms with Crippen LogP contribution in [0.2, 0.25) is 0 Å². The van der Waals surface area contributed by atoms with Crippen LogP contribution in [-0.4, -0.2) is 29.6 Å². The Balaban J connectivity index is 1.96. The van der Waals surface area contributed by atoms with Gasteiger partial charge in [-0.3, -0.25) is 4.79 Å². The van der Waals surface area contributed by atoms with E-state index in [1.807, 2.05) is 32.0 Å². The lowest BCUT2D eigenvalue weighted by Crippen LogP contribution is -2.42. The van der Waals surface area contributed by atoms with E-state index in [9.17, 15) is 9.59 Å². The molecule has 1 aromatic rings. The number of carboxylic acids is 1. The number of aliphatic carboxylic acids is 1. The predicted octanol–water partition coefficient (Wildman–Crippen LogP) is 1.78. The summed E-state index contributed by atoms with van der Waals surface area (Å²) in [6.45, 7) is 4.55. The van der Waals surface area contributed by atoms with Crippen LogP contribution in [0.1, 0.15) is 31.4 Å². The number of ether oxygens (including phenoxy) is 1. The molecule has 1 heterocycles. The number of carboxylic acid groups (broad SMARTS) is 1. The van der Waals surface area contributed by atoms with E-state index in [1.165, 1.54) is 0 Å². The molecule has 0 bridgehead atoms. The van der Waals surface area contributed by atoms with Crippen molar-refractivity contribution in [2.45, 2.75) is 39.2 Å². The summed E-state index contributed by atoms with van der Waals surface area (Å²) in [4.78, 5) is 23.1. The normalized spacial score (nSPS) is 14.4. The van der Waals surface area contributed by atoms with Gasteiger partial charge in [-0.15, -0.1) is 0 Å². The van der Waals surface area contributed by atoms with Gasteiger partial charge in [-0.25, -0.2) is 4.79 Å². The zero-order chi connectivity index (χ0) is 15.4. The van der Waals surface area contributed by atoms with Gasteiger partial charge in [0, 0.05) is 6.42 Å². The maximum Gasteiger partial charge on any atom is 0.326 e.